The lowest BCUT2D eigenvalue weighted by Crippen LogP contribution is -2.02. The molecular weight excluding hydrogens is 327 g/mol. The highest BCUT2D eigenvalue weighted by atomic mass is 31.0. The molecule has 25 heavy (non-hydrogen) atoms. The first kappa shape index (κ1) is 18.9. The third kappa shape index (κ3) is 5.28. The monoisotopic (exact) mass is 350 g/mol. The van der Waals surface area contributed by atoms with E-state index in [4.69, 9.17) is 10.00 Å². The molecule has 0 amide bonds. The van der Waals surface area contributed by atoms with Gasteiger partial charge >= 0.3 is 0 Å². The first-order valence-corrected chi connectivity index (χ1v) is 8.88. The SMILES string of the molecule is C/C=C\C(=C/CC)COc1ccc(-c2cc(P)cc(C#N)n2)cc1C. The summed E-state index contributed by atoms with van der Waals surface area (Å²) < 4.78 is 5.97. The molecule has 0 saturated heterocycles. The molecule has 0 N–H and O–H groups in total. The van der Waals surface area contributed by atoms with Crippen LogP contribution in [0.5, 0.6) is 5.75 Å². The summed E-state index contributed by atoms with van der Waals surface area (Å²) in [5.74, 6) is 0.859. The zero-order chi connectivity index (χ0) is 18.2. The normalized spacial score (nSPS) is 11.6. The standard InChI is InChI=1S/C21H23N2OP/c1-4-6-16(7-5-2)14-24-21-9-8-17(10-15(21)3)20-12-19(25)11-18(13-22)23-20/h4,6-12H,5,14,25H2,1-3H3/b6-4-,16-7+. The number of hydrogen-bond donors (Lipinski definition) is 0. The van der Waals surface area contributed by atoms with Crippen molar-refractivity contribution in [3.8, 4) is 23.1 Å². The predicted molar refractivity (Wildman–Crippen MR) is 107 cm³/mol. The number of ether oxygens (including phenoxy) is 1. The minimum absolute atomic E-state index is 0.418. The second kappa shape index (κ2) is 9.16. The van der Waals surface area contributed by atoms with Crippen LogP contribution in [0.4, 0.5) is 0 Å². The Morgan fingerprint density at radius 1 is 1.32 bits per heavy atom. The summed E-state index contributed by atoms with van der Waals surface area (Å²) in [7, 11) is 2.62. The van der Waals surface area contributed by atoms with Gasteiger partial charge in [0.2, 0.25) is 0 Å². The van der Waals surface area contributed by atoms with E-state index in [1.165, 1.54) is 5.57 Å². The van der Waals surface area contributed by atoms with Crippen LogP contribution in [0.2, 0.25) is 0 Å². The third-order valence-corrected chi connectivity index (χ3v) is 4.01. The summed E-state index contributed by atoms with van der Waals surface area (Å²) in [5.41, 5.74) is 4.40. The Labute approximate surface area is 152 Å². The summed E-state index contributed by atoms with van der Waals surface area (Å²) in [5, 5.41) is 10.0. The molecule has 2 aromatic rings. The lowest BCUT2D eigenvalue weighted by atomic mass is 10.1. The van der Waals surface area contributed by atoms with Crippen molar-refractivity contribution in [2.45, 2.75) is 27.2 Å². The van der Waals surface area contributed by atoms with E-state index in [1.807, 2.05) is 44.2 Å². The van der Waals surface area contributed by atoms with E-state index >= 15 is 0 Å². The van der Waals surface area contributed by atoms with Gasteiger partial charge in [-0.2, -0.15) is 5.26 Å². The zero-order valence-corrected chi connectivity index (χ0v) is 16.1. The number of nitrogens with zero attached hydrogens (tertiary/aromatic N) is 2. The largest absolute Gasteiger partial charge is 0.489 e. The van der Waals surface area contributed by atoms with Gasteiger partial charge in [0.15, 0.2) is 0 Å². The van der Waals surface area contributed by atoms with Crippen LogP contribution in [0.3, 0.4) is 0 Å². The molecule has 0 spiro atoms. The highest BCUT2D eigenvalue weighted by Gasteiger charge is 2.07. The molecule has 1 heterocycles. The first-order chi connectivity index (χ1) is 12.1. The molecule has 3 nitrogen and oxygen atoms in total. The maximum absolute atomic E-state index is 9.09. The Hall–Kier alpha value is -2.43. The van der Waals surface area contributed by atoms with Gasteiger partial charge in [-0.15, -0.1) is 9.24 Å². The van der Waals surface area contributed by atoms with Gasteiger partial charge in [0.05, 0.1) is 5.69 Å². The molecule has 2 rings (SSSR count). The second-order valence-corrected chi connectivity index (χ2v) is 6.41. The van der Waals surface area contributed by atoms with Crippen molar-refractivity contribution in [2.75, 3.05) is 6.61 Å². The molecule has 0 saturated carbocycles. The average molecular weight is 350 g/mol. The number of nitriles is 1. The number of pyridine rings is 1. The van der Waals surface area contributed by atoms with E-state index in [0.29, 0.717) is 12.3 Å². The molecule has 0 bridgehead atoms. The summed E-state index contributed by atoms with van der Waals surface area (Å²) in [6, 6.07) is 11.8. The summed E-state index contributed by atoms with van der Waals surface area (Å²) in [4.78, 5) is 4.38. The molecule has 0 aliphatic carbocycles. The van der Waals surface area contributed by atoms with E-state index in [9.17, 15) is 0 Å². The highest BCUT2D eigenvalue weighted by molar-refractivity contribution is 7.27. The molecule has 128 valence electrons. The fourth-order valence-electron chi connectivity index (χ4n) is 2.54. The quantitative estimate of drug-likeness (QED) is 0.559. The lowest BCUT2D eigenvalue weighted by molar-refractivity contribution is 0.352. The van der Waals surface area contributed by atoms with Gasteiger partial charge in [-0.3, -0.25) is 0 Å². The molecule has 1 aromatic heterocycles. The van der Waals surface area contributed by atoms with Gasteiger partial charge in [0, 0.05) is 5.56 Å². The number of aromatic nitrogens is 1. The molecule has 0 radical (unpaired) electrons. The van der Waals surface area contributed by atoms with Gasteiger partial charge in [-0.05, 0) is 67.0 Å². The summed E-state index contributed by atoms with van der Waals surface area (Å²) in [6.45, 7) is 6.70. The predicted octanol–water partition coefficient (Wildman–Crippen LogP) is 4.72. The van der Waals surface area contributed by atoms with Crippen molar-refractivity contribution in [1.29, 1.82) is 5.26 Å². The number of hydrogen-bond acceptors (Lipinski definition) is 3. The van der Waals surface area contributed by atoms with Crippen LogP contribution in [-0.4, -0.2) is 11.6 Å². The fraction of sp³-hybridized carbons (Fsp3) is 0.238. The maximum Gasteiger partial charge on any atom is 0.141 e. The van der Waals surface area contributed by atoms with Crippen molar-refractivity contribution < 1.29 is 4.74 Å². The van der Waals surface area contributed by atoms with E-state index in [1.54, 1.807) is 6.07 Å². The van der Waals surface area contributed by atoms with Crippen molar-refractivity contribution in [3.63, 3.8) is 0 Å². The Morgan fingerprint density at radius 2 is 2.12 bits per heavy atom. The second-order valence-electron chi connectivity index (χ2n) is 5.74. The zero-order valence-electron chi connectivity index (χ0n) is 14.9. The number of allylic oxidation sites excluding steroid dienone is 2. The molecule has 0 aliphatic rings. The van der Waals surface area contributed by atoms with Crippen LogP contribution in [0.1, 0.15) is 31.5 Å². The number of rotatable bonds is 6. The summed E-state index contributed by atoms with van der Waals surface area (Å²) >= 11 is 0. The maximum atomic E-state index is 9.09. The van der Waals surface area contributed by atoms with E-state index < -0.39 is 0 Å². The minimum atomic E-state index is 0.418. The molecule has 0 fully saturated rings. The Morgan fingerprint density at radius 3 is 2.76 bits per heavy atom. The molecular formula is C21H23N2OP. The van der Waals surface area contributed by atoms with Crippen molar-refractivity contribution in [2.24, 2.45) is 0 Å². The van der Waals surface area contributed by atoms with Crippen molar-refractivity contribution >= 4 is 14.5 Å². The van der Waals surface area contributed by atoms with E-state index in [-0.39, 0.29) is 0 Å². The van der Waals surface area contributed by atoms with Crippen LogP contribution in [0.15, 0.2) is 54.1 Å². The van der Waals surface area contributed by atoms with Crippen molar-refractivity contribution in [3.05, 3.63) is 65.4 Å². The smallest absolute Gasteiger partial charge is 0.141 e. The van der Waals surface area contributed by atoms with Gasteiger partial charge in [0.25, 0.3) is 0 Å². The first-order valence-electron chi connectivity index (χ1n) is 8.30. The fourth-order valence-corrected chi connectivity index (χ4v) is 2.86. The molecule has 1 aromatic carbocycles. The number of benzene rings is 1. The van der Waals surface area contributed by atoms with E-state index in [2.05, 4.69) is 39.4 Å². The molecule has 1 atom stereocenters. The van der Waals surface area contributed by atoms with Crippen LogP contribution >= 0.6 is 9.24 Å². The van der Waals surface area contributed by atoms with Crippen molar-refractivity contribution in [1.82, 2.24) is 4.98 Å². The van der Waals surface area contributed by atoms with Gasteiger partial charge in [-0.1, -0.05) is 25.2 Å². The molecule has 0 aliphatic heterocycles. The van der Waals surface area contributed by atoms with Gasteiger partial charge in [-0.25, -0.2) is 4.98 Å². The molecule has 1 unspecified atom stereocenters. The van der Waals surface area contributed by atoms with Gasteiger partial charge < -0.3 is 4.74 Å². The van der Waals surface area contributed by atoms with Crippen LogP contribution in [0, 0.1) is 18.3 Å². The molecule has 4 heteroatoms. The van der Waals surface area contributed by atoms with Crippen LogP contribution < -0.4 is 10.0 Å². The van der Waals surface area contributed by atoms with Gasteiger partial charge in [0.1, 0.15) is 24.1 Å². The van der Waals surface area contributed by atoms with Crippen LogP contribution in [0.25, 0.3) is 11.3 Å². The summed E-state index contributed by atoms with van der Waals surface area (Å²) in [6.07, 6.45) is 7.25. The Balaban J connectivity index is 2.22. The number of aryl methyl sites for hydroxylation is 1. The minimum Gasteiger partial charge on any atom is -0.489 e. The third-order valence-electron chi connectivity index (χ3n) is 3.67. The Bertz CT molecular complexity index is 847. The highest BCUT2D eigenvalue weighted by Crippen LogP contribution is 2.25. The van der Waals surface area contributed by atoms with Crippen LogP contribution in [-0.2, 0) is 0 Å². The Kier molecular flexibility index (Phi) is 6.92. The van der Waals surface area contributed by atoms with E-state index in [0.717, 1.165) is 34.3 Å². The topological polar surface area (TPSA) is 45.9 Å². The average Bonchev–Trinajstić information content (AvgIpc) is 2.60. The lowest BCUT2D eigenvalue weighted by Gasteiger charge is -2.12.